The second-order valence-corrected chi connectivity index (χ2v) is 8.08. The lowest BCUT2D eigenvalue weighted by Gasteiger charge is -2.44. The van der Waals surface area contributed by atoms with Gasteiger partial charge in [0.1, 0.15) is 0 Å². The molecule has 0 saturated heterocycles. The average Bonchev–Trinajstić information content (AvgIpc) is 2.93. The van der Waals surface area contributed by atoms with E-state index in [1.54, 1.807) is 11.3 Å². The Bertz CT molecular complexity index is 533. The summed E-state index contributed by atoms with van der Waals surface area (Å²) in [5.41, 5.74) is 7.80. The quantitative estimate of drug-likeness (QED) is 0.853. The summed E-state index contributed by atoms with van der Waals surface area (Å²) >= 11 is 1.80. The summed E-state index contributed by atoms with van der Waals surface area (Å²) in [7, 11) is 0. The normalized spacial score (nSPS) is 33.8. The van der Waals surface area contributed by atoms with Crippen molar-refractivity contribution in [2.45, 2.75) is 51.1 Å². The van der Waals surface area contributed by atoms with Crippen LogP contribution in [0.2, 0.25) is 0 Å². The van der Waals surface area contributed by atoms with Gasteiger partial charge in [0.15, 0.2) is 0 Å². The number of carbonyl (C=O) groups is 1. The highest BCUT2D eigenvalue weighted by Gasteiger charge is 2.41. The maximum Gasteiger partial charge on any atom is 0.226 e. The zero-order valence-corrected chi connectivity index (χ0v) is 14.5. The lowest BCUT2D eigenvalue weighted by Crippen LogP contribution is -2.50. The van der Waals surface area contributed by atoms with Gasteiger partial charge >= 0.3 is 0 Å². The molecule has 2 atom stereocenters. The van der Waals surface area contributed by atoms with Gasteiger partial charge < -0.3 is 10.6 Å². The fraction of sp³-hybridized carbons (Fsp3) is 0.706. The second kappa shape index (κ2) is 6.50. The Kier molecular flexibility index (Phi) is 4.81. The molecule has 122 valence electrons. The second-order valence-electron chi connectivity index (χ2n) is 7.08. The van der Waals surface area contributed by atoms with Gasteiger partial charge in [-0.3, -0.25) is 4.79 Å². The van der Waals surface area contributed by atoms with Crippen LogP contribution in [-0.2, 0) is 17.8 Å². The molecular formula is C17H25ClN2OS. The maximum absolute atomic E-state index is 12.9. The van der Waals surface area contributed by atoms with Gasteiger partial charge in [-0.1, -0.05) is 6.42 Å². The summed E-state index contributed by atoms with van der Waals surface area (Å²) in [5, 5.41) is 2.16. The monoisotopic (exact) mass is 340 g/mol. The number of hydrogen-bond donors (Lipinski definition) is 1. The first kappa shape index (κ1) is 16.3. The number of hydrogen-bond acceptors (Lipinski definition) is 3. The lowest BCUT2D eigenvalue weighted by molar-refractivity contribution is -0.139. The summed E-state index contributed by atoms with van der Waals surface area (Å²) in [6, 6.07) is 2.57. The van der Waals surface area contributed by atoms with Crippen LogP contribution in [0.15, 0.2) is 11.4 Å². The Balaban J connectivity index is 0.00000144. The predicted octanol–water partition coefficient (Wildman–Crippen LogP) is 3.21. The number of halogens is 1. The molecule has 5 heteroatoms. The number of rotatable bonds is 1. The molecule has 2 aliphatic carbocycles. The van der Waals surface area contributed by atoms with Crippen LogP contribution >= 0.6 is 23.7 Å². The van der Waals surface area contributed by atoms with Crippen molar-refractivity contribution in [1.29, 1.82) is 0 Å². The van der Waals surface area contributed by atoms with Gasteiger partial charge in [0.05, 0.1) is 6.54 Å². The molecule has 1 amide bonds. The molecule has 1 aromatic rings. The van der Waals surface area contributed by atoms with Gasteiger partial charge in [-0.05, 0) is 60.9 Å². The van der Waals surface area contributed by atoms with Crippen molar-refractivity contribution in [1.82, 2.24) is 4.90 Å². The molecule has 2 bridgehead atoms. The molecule has 2 fully saturated rings. The minimum absolute atomic E-state index is 0. The number of carbonyl (C=O) groups excluding carboxylic acids is 1. The fourth-order valence-corrected chi connectivity index (χ4v) is 5.62. The first-order valence-corrected chi connectivity index (χ1v) is 9.20. The van der Waals surface area contributed by atoms with Crippen molar-refractivity contribution >= 4 is 29.7 Å². The zero-order valence-electron chi connectivity index (χ0n) is 12.9. The molecule has 2 saturated carbocycles. The highest BCUT2D eigenvalue weighted by atomic mass is 35.5. The average molecular weight is 341 g/mol. The topological polar surface area (TPSA) is 46.3 Å². The maximum atomic E-state index is 12.9. The summed E-state index contributed by atoms with van der Waals surface area (Å²) in [5.74, 6) is 1.82. The molecule has 0 radical (unpaired) electrons. The highest BCUT2D eigenvalue weighted by molar-refractivity contribution is 7.10. The van der Waals surface area contributed by atoms with Crippen LogP contribution in [0.4, 0.5) is 0 Å². The van der Waals surface area contributed by atoms with Gasteiger partial charge in [0.25, 0.3) is 0 Å². The predicted molar refractivity (Wildman–Crippen MR) is 92.2 cm³/mol. The van der Waals surface area contributed by atoms with Crippen molar-refractivity contribution < 1.29 is 4.79 Å². The molecule has 0 spiro atoms. The van der Waals surface area contributed by atoms with E-state index in [1.807, 2.05) is 0 Å². The van der Waals surface area contributed by atoms with E-state index >= 15 is 0 Å². The van der Waals surface area contributed by atoms with Crippen LogP contribution in [0.1, 0.15) is 42.5 Å². The molecule has 22 heavy (non-hydrogen) atoms. The van der Waals surface area contributed by atoms with Crippen LogP contribution < -0.4 is 5.73 Å². The molecule has 2 N–H and O–H groups in total. The van der Waals surface area contributed by atoms with Crippen LogP contribution in [0.25, 0.3) is 0 Å². The third-order valence-corrected chi connectivity index (χ3v) is 6.85. The SMILES string of the molecule is Cl.NC1C2CCCC1CC(C(=O)N1CCc3ccsc3C1)C2. The number of nitrogens with zero attached hydrogens (tertiary/aromatic N) is 1. The lowest BCUT2D eigenvalue weighted by atomic mass is 9.65. The van der Waals surface area contributed by atoms with E-state index in [4.69, 9.17) is 5.73 Å². The van der Waals surface area contributed by atoms with Crippen molar-refractivity contribution in [2.75, 3.05) is 6.54 Å². The van der Waals surface area contributed by atoms with E-state index in [9.17, 15) is 4.79 Å². The third kappa shape index (κ3) is 2.81. The van der Waals surface area contributed by atoms with Crippen LogP contribution in [-0.4, -0.2) is 23.4 Å². The molecule has 2 unspecified atom stereocenters. The summed E-state index contributed by atoms with van der Waals surface area (Å²) < 4.78 is 0. The van der Waals surface area contributed by atoms with Gasteiger partial charge in [-0.25, -0.2) is 0 Å². The van der Waals surface area contributed by atoms with Gasteiger partial charge in [0, 0.05) is 23.4 Å². The van der Waals surface area contributed by atoms with E-state index in [2.05, 4.69) is 16.3 Å². The third-order valence-electron chi connectivity index (χ3n) is 5.90. The van der Waals surface area contributed by atoms with Crippen LogP contribution in [0.3, 0.4) is 0 Å². The first-order valence-electron chi connectivity index (χ1n) is 8.32. The van der Waals surface area contributed by atoms with Gasteiger partial charge in [-0.15, -0.1) is 23.7 Å². The largest absolute Gasteiger partial charge is 0.337 e. The Hall–Kier alpha value is -0.580. The number of thiophene rings is 1. The summed E-state index contributed by atoms with van der Waals surface area (Å²) in [6.07, 6.45) is 6.87. The minimum atomic E-state index is 0. The zero-order chi connectivity index (χ0) is 14.4. The van der Waals surface area contributed by atoms with E-state index in [1.165, 1.54) is 29.7 Å². The molecular weight excluding hydrogens is 316 g/mol. The molecule has 4 rings (SSSR count). The van der Waals surface area contributed by atoms with Crippen LogP contribution in [0.5, 0.6) is 0 Å². The Morgan fingerprint density at radius 2 is 2.00 bits per heavy atom. The van der Waals surface area contributed by atoms with E-state index in [-0.39, 0.29) is 18.3 Å². The standard InChI is InChI=1S/C17H24N2OS.ClH/c18-16-12-2-1-3-13(16)9-14(8-12)17(20)19-6-4-11-5-7-21-15(11)10-19;/h5,7,12-14,16H,1-4,6,8-10,18H2;1H. The van der Waals surface area contributed by atoms with Crippen molar-refractivity contribution in [3.05, 3.63) is 21.9 Å². The van der Waals surface area contributed by atoms with Crippen molar-refractivity contribution in [3.8, 4) is 0 Å². The van der Waals surface area contributed by atoms with Crippen molar-refractivity contribution in [2.24, 2.45) is 23.5 Å². The van der Waals surface area contributed by atoms with E-state index in [0.29, 0.717) is 23.8 Å². The minimum Gasteiger partial charge on any atom is -0.337 e. The highest BCUT2D eigenvalue weighted by Crippen LogP contribution is 2.42. The number of amides is 1. The summed E-state index contributed by atoms with van der Waals surface area (Å²) in [6.45, 7) is 1.74. The molecule has 3 nitrogen and oxygen atoms in total. The Morgan fingerprint density at radius 3 is 2.73 bits per heavy atom. The number of nitrogens with two attached hydrogens (primary N) is 1. The fourth-order valence-electron chi connectivity index (χ4n) is 4.67. The van der Waals surface area contributed by atoms with E-state index in [0.717, 1.165) is 32.4 Å². The Labute approximate surface area is 142 Å². The van der Waals surface area contributed by atoms with Gasteiger partial charge in [-0.2, -0.15) is 0 Å². The van der Waals surface area contributed by atoms with Crippen LogP contribution in [0, 0.1) is 17.8 Å². The Morgan fingerprint density at radius 1 is 1.27 bits per heavy atom. The molecule has 1 aliphatic heterocycles. The smallest absolute Gasteiger partial charge is 0.226 e. The molecule has 0 aromatic carbocycles. The molecule has 1 aromatic heterocycles. The molecule has 2 heterocycles. The molecule has 3 aliphatic rings. The number of fused-ring (bicyclic) bond motifs is 3. The van der Waals surface area contributed by atoms with Crippen molar-refractivity contribution in [3.63, 3.8) is 0 Å². The summed E-state index contributed by atoms with van der Waals surface area (Å²) in [4.78, 5) is 16.4. The van der Waals surface area contributed by atoms with Gasteiger partial charge in [0.2, 0.25) is 5.91 Å². The first-order chi connectivity index (χ1) is 10.2. The van der Waals surface area contributed by atoms with E-state index < -0.39 is 0 Å².